The van der Waals surface area contributed by atoms with E-state index in [1.807, 2.05) is 41.2 Å². The fraction of sp³-hybridized carbons (Fsp3) is 0.0769. The quantitative estimate of drug-likeness (QED) is 0.722. The van der Waals surface area contributed by atoms with E-state index in [1.165, 1.54) is 0 Å². The molecule has 3 rings (SSSR count). The maximum absolute atomic E-state index is 11.8. The van der Waals surface area contributed by atoms with E-state index >= 15 is 0 Å². The fourth-order valence-corrected chi connectivity index (χ4v) is 1.98. The number of nitrogens with zero attached hydrogens (tertiary/aromatic N) is 2. The maximum Gasteiger partial charge on any atom is 0.272 e. The van der Waals surface area contributed by atoms with Crippen LogP contribution in [0.3, 0.4) is 0 Å². The molecule has 17 heavy (non-hydrogen) atoms. The third kappa shape index (κ3) is 1.73. The van der Waals surface area contributed by atoms with E-state index in [9.17, 15) is 4.79 Å². The molecule has 0 aliphatic heterocycles. The third-order valence-electron chi connectivity index (χ3n) is 2.76. The van der Waals surface area contributed by atoms with E-state index < -0.39 is 0 Å². The Morgan fingerprint density at radius 3 is 3.06 bits per heavy atom. The highest BCUT2D eigenvalue weighted by Gasteiger charge is 2.04. The second kappa shape index (κ2) is 3.90. The summed E-state index contributed by atoms with van der Waals surface area (Å²) in [7, 11) is 0. The highest BCUT2D eigenvalue weighted by molar-refractivity contribution is 5.78. The average Bonchev–Trinajstić information content (AvgIpc) is 2.75. The highest BCUT2D eigenvalue weighted by atomic mass is 16.1. The van der Waals surface area contributed by atoms with Crippen LogP contribution in [0.2, 0.25) is 0 Å². The number of H-pyrrole nitrogens is 1. The Hall–Kier alpha value is -2.36. The van der Waals surface area contributed by atoms with Gasteiger partial charge < -0.3 is 9.55 Å². The summed E-state index contributed by atoms with van der Waals surface area (Å²) >= 11 is 0. The zero-order valence-electron chi connectivity index (χ0n) is 9.13. The molecule has 0 saturated carbocycles. The normalized spacial score (nSPS) is 10.8. The number of pyridine rings is 2. The number of fused-ring (bicyclic) bond motifs is 1. The Morgan fingerprint density at radius 2 is 2.24 bits per heavy atom. The minimum atomic E-state index is -0.0589. The molecular formula is C13H11N3O. The van der Waals surface area contributed by atoms with Crippen molar-refractivity contribution >= 4 is 10.9 Å². The number of aromatic amines is 1. The summed E-state index contributed by atoms with van der Waals surface area (Å²) < 4.78 is 1.94. The Kier molecular flexibility index (Phi) is 2.26. The van der Waals surface area contributed by atoms with Gasteiger partial charge >= 0.3 is 0 Å². The first kappa shape index (κ1) is 9.84. The summed E-state index contributed by atoms with van der Waals surface area (Å²) in [4.78, 5) is 18.5. The van der Waals surface area contributed by atoms with Gasteiger partial charge in [-0.3, -0.25) is 9.78 Å². The zero-order chi connectivity index (χ0) is 11.7. The van der Waals surface area contributed by atoms with E-state index in [0.717, 1.165) is 10.9 Å². The highest BCUT2D eigenvalue weighted by Crippen LogP contribution is 2.12. The van der Waals surface area contributed by atoms with Crippen LogP contribution in [0.25, 0.3) is 10.9 Å². The van der Waals surface area contributed by atoms with Gasteiger partial charge in [0.2, 0.25) is 0 Å². The average molecular weight is 225 g/mol. The summed E-state index contributed by atoms with van der Waals surface area (Å²) in [6, 6.07) is 7.73. The molecule has 3 heterocycles. The molecule has 0 aliphatic rings. The molecule has 0 saturated heterocycles. The predicted molar refractivity (Wildman–Crippen MR) is 65.9 cm³/mol. The van der Waals surface area contributed by atoms with Crippen molar-refractivity contribution in [3.63, 3.8) is 0 Å². The van der Waals surface area contributed by atoms with Gasteiger partial charge in [-0.1, -0.05) is 6.07 Å². The lowest BCUT2D eigenvalue weighted by Crippen LogP contribution is -2.10. The van der Waals surface area contributed by atoms with Crippen molar-refractivity contribution in [3.05, 3.63) is 65.0 Å². The van der Waals surface area contributed by atoms with Gasteiger partial charge in [-0.15, -0.1) is 0 Å². The van der Waals surface area contributed by atoms with Crippen LogP contribution in [-0.4, -0.2) is 14.5 Å². The van der Waals surface area contributed by atoms with Crippen LogP contribution in [0.15, 0.2) is 53.8 Å². The second-order valence-electron chi connectivity index (χ2n) is 3.92. The molecular weight excluding hydrogens is 214 g/mol. The monoisotopic (exact) mass is 225 g/mol. The summed E-state index contributed by atoms with van der Waals surface area (Å²) in [5.41, 5.74) is 1.72. The van der Waals surface area contributed by atoms with E-state index in [4.69, 9.17) is 0 Å². The lowest BCUT2D eigenvalue weighted by molar-refractivity contribution is 0.826. The minimum absolute atomic E-state index is 0.0589. The van der Waals surface area contributed by atoms with Crippen LogP contribution in [0, 0.1) is 0 Å². The minimum Gasteiger partial charge on any atom is -0.339 e. The van der Waals surface area contributed by atoms with Gasteiger partial charge in [-0.2, -0.15) is 0 Å². The molecule has 3 aromatic rings. The van der Waals surface area contributed by atoms with Crippen LogP contribution >= 0.6 is 0 Å². The van der Waals surface area contributed by atoms with Crippen molar-refractivity contribution in [2.45, 2.75) is 6.54 Å². The van der Waals surface area contributed by atoms with Crippen LogP contribution in [0.5, 0.6) is 0 Å². The van der Waals surface area contributed by atoms with Gasteiger partial charge in [0.25, 0.3) is 5.56 Å². The van der Waals surface area contributed by atoms with E-state index in [2.05, 4.69) is 9.97 Å². The number of aromatic nitrogens is 3. The summed E-state index contributed by atoms with van der Waals surface area (Å²) in [5, 5.41) is 0.956. The van der Waals surface area contributed by atoms with Crippen LogP contribution in [0.1, 0.15) is 5.56 Å². The first-order chi connectivity index (χ1) is 8.34. The van der Waals surface area contributed by atoms with Gasteiger partial charge in [0.1, 0.15) is 5.52 Å². The van der Waals surface area contributed by atoms with Crippen molar-refractivity contribution in [1.82, 2.24) is 14.5 Å². The summed E-state index contributed by atoms with van der Waals surface area (Å²) in [5.74, 6) is 0. The first-order valence-electron chi connectivity index (χ1n) is 5.40. The smallest absolute Gasteiger partial charge is 0.272 e. The molecule has 0 unspecified atom stereocenters. The molecule has 3 aromatic heterocycles. The molecule has 4 heteroatoms. The molecule has 4 nitrogen and oxygen atoms in total. The Balaban J connectivity index is 2.10. The van der Waals surface area contributed by atoms with E-state index in [0.29, 0.717) is 12.1 Å². The molecule has 0 atom stereocenters. The number of hydrogen-bond donors (Lipinski definition) is 1. The van der Waals surface area contributed by atoms with Crippen molar-refractivity contribution in [1.29, 1.82) is 0 Å². The van der Waals surface area contributed by atoms with Gasteiger partial charge in [-0.05, 0) is 23.8 Å². The molecule has 1 N–H and O–H groups in total. The molecule has 0 radical (unpaired) electrons. The van der Waals surface area contributed by atoms with Gasteiger partial charge in [0, 0.05) is 36.7 Å². The molecule has 0 aromatic carbocycles. The van der Waals surface area contributed by atoms with Crippen LogP contribution in [-0.2, 0) is 6.54 Å². The van der Waals surface area contributed by atoms with Crippen molar-refractivity contribution < 1.29 is 0 Å². The SMILES string of the molecule is O=c1[nH]ccc2ccn(Cc3cccnc3)c12. The summed E-state index contributed by atoms with van der Waals surface area (Å²) in [6.45, 7) is 0.657. The topological polar surface area (TPSA) is 50.7 Å². The molecule has 0 spiro atoms. The first-order valence-corrected chi connectivity index (χ1v) is 5.40. The number of rotatable bonds is 2. The third-order valence-corrected chi connectivity index (χ3v) is 2.76. The van der Waals surface area contributed by atoms with E-state index in [1.54, 1.807) is 12.4 Å². The maximum atomic E-state index is 11.8. The Labute approximate surface area is 97.6 Å². The molecule has 0 fully saturated rings. The standard InChI is InChI=1S/C13H11N3O/c17-13-12-11(3-6-15-13)4-7-16(12)9-10-2-1-5-14-8-10/h1-8H,9H2,(H,15,17). The molecule has 84 valence electrons. The van der Waals surface area contributed by atoms with Crippen LogP contribution < -0.4 is 5.56 Å². The van der Waals surface area contributed by atoms with Crippen molar-refractivity contribution in [2.75, 3.05) is 0 Å². The van der Waals surface area contributed by atoms with Gasteiger partial charge in [0.15, 0.2) is 0 Å². The van der Waals surface area contributed by atoms with Crippen LogP contribution in [0.4, 0.5) is 0 Å². The zero-order valence-corrected chi connectivity index (χ0v) is 9.13. The fourth-order valence-electron chi connectivity index (χ4n) is 1.98. The lowest BCUT2D eigenvalue weighted by atomic mass is 10.3. The lowest BCUT2D eigenvalue weighted by Gasteiger charge is -2.04. The molecule has 0 bridgehead atoms. The molecule has 0 amide bonds. The second-order valence-corrected chi connectivity index (χ2v) is 3.92. The van der Waals surface area contributed by atoms with Gasteiger partial charge in [0.05, 0.1) is 0 Å². The predicted octanol–water partition coefficient (Wildman–Crippen LogP) is 1.77. The van der Waals surface area contributed by atoms with E-state index in [-0.39, 0.29) is 5.56 Å². The Morgan fingerprint density at radius 1 is 1.29 bits per heavy atom. The van der Waals surface area contributed by atoms with Crippen molar-refractivity contribution in [2.24, 2.45) is 0 Å². The molecule has 0 aliphatic carbocycles. The summed E-state index contributed by atoms with van der Waals surface area (Å²) in [6.07, 6.45) is 7.14. The van der Waals surface area contributed by atoms with Crippen molar-refractivity contribution in [3.8, 4) is 0 Å². The number of nitrogens with one attached hydrogen (secondary N) is 1. The largest absolute Gasteiger partial charge is 0.339 e. The number of hydrogen-bond acceptors (Lipinski definition) is 2. The van der Waals surface area contributed by atoms with Gasteiger partial charge in [-0.25, -0.2) is 0 Å². The Bertz CT molecular complexity index is 697.